The molecule has 1 aromatic carbocycles. The first-order valence-electron chi connectivity index (χ1n) is 7.58. The lowest BCUT2D eigenvalue weighted by molar-refractivity contribution is -0.137. The first-order valence-corrected chi connectivity index (χ1v) is 7.96. The third-order valence-corrected chi connectivity index (χ3v) is 4.19. The quantitative estimate of drug-likeness (QED) is 0.646. The van der Waals surface area contributed by atoms with E-state index in [1.165, 1.54) is 6.07 Å². The lowest BCUT2D eigenvalue weighted by atomic mass is 10.2. The largest absolute Gasteiger partial charge is 0.417 e. The molecule has 0 amide bonds. The molecule has 0 fully saturated rings. The Morgan fingerprint density at radius 2 is 1.88 bits per heavy atom. The molecule has 24 heavy (non-hydrogen) atoms. The number of halogens is 4. The van der Waals surface area contributed by atoms with E-state index >= 15 is 0 Å². The highest BCUT2D eigenvalue weighted by molar-refractivity contribution is 6.32. The molecule has 0 bridgehead atoms. The third kappa shape index (κ3) is 2.86. The summed E-state index contributed by atoms with van der Waals surface area (Å²) in [7, 11) is 0. The van der Waals surface area contributed by atoms with E-state index in [4.69, 9.17) is 11.6 Å². The molecule has 0 aliphatic heterocycles. The molecule has 2 heterocycles. The fourth-order valence-electron chi connectivity index (χ4n) is 2.62. The summed E-state index contributed by atoms with van der Waals surface area (Å²) in [6.45, 7) is 3.92. The van der Waals surface area contributed by atoms with Crippen LogP contribution in [0, 0.1) is 0 Å². The minimum absolute atomic E-state index is 0.255. The summed E-state index contributed by atoms with van der Waals surface area (Å²) >= 11 is 5.87. The zero-order valence-corrected chi connectivity index (χ0v) is 13.9. The zero-order chi connectivity index (χ0) is 17.5. The molecule has 0 saturated heterocycles. The number of aryl methyl sites for hydroxylation is 2. The van der Waals surface area contributed by atoms with Crippen molar-refractivity contribution < 1.29 is 13.2 Å². The molecular formula is C17H15ClF3N3. The van der Waals surface area contributed by atoms with Gasteiger partial charge in [-0.2, -0.15) is 13.2 Å². The van der Waals surface area contributed by atoms with E-state index in [1.807, 2.05) is 26.0 Å². The Labute approximate surface area is 142 Å². The van der Waals surface area contributed by atoms with Gasteiger partial charge in [0.2, 0.25) is 0 Å². The van der Waals surface area contributed by atoms with Crippen LogP contribution in [-0.2, 0) is 19.0 Å². The highest BCUT2D eigenvalue weighted by Crippen LogP contribution is 2.37. The summed E-state index contributed by atoms with van der Waals surface area (Å²) in [5.74, 6) is 1.25. The van der Waals surface area contributed by atoms with Crippen molar-refractivity contribution in [2.45, 2.75) is 32.9 Å². The number of hydrogen-bond donors (Lipinski definition) is 0. The summed E-state index contributed by atoms with van der Waals surface area (Å²) in [6.07, 6.45) is -1.33. The highest BCUT2D eigenvalue weighted by Gasteiger charge is 2.34. The van der Waals surface area contributed by atoms with E-state index in [2.05, 4.69) is 9.97 Å². The molecule has 3 rings (SSSR count). The number of rotatable bonds is 3. The van der Waals surface area contributed by atoms with Crippen molar-refractivity contribution in [3.63, 3.8) is 0 Å². The monoisotopic (exact) mass is 353 g/mol. The van der Waals surface area contributed by atoms with Crippen LogP contribution in [0.3, 0.4) is 0 Å². The van der Waals surface area contributed by atoms with E-state index in [0.717, 1.165) is 18.1 Å². The molecule has 0 atom stereocenters. The Bertz CT molecular complexity index is 883. The molecule has 3 nitrogen and oxygen atoms in total. The van der Waals surface area contributed by atoms with Crippen molar-refractivity contribution in [3.05, 3.63) is 52.4 Å². The third-order valence-electron chi connectivity index (χ3n) is 3.88. The summed E-state index contributed by atoms with van der Waals surface area (Å²) in [5, 5.41) is -0.344. The number of hydrogen-bond acceptors (Lipinski definition) is 2. The van der Waals surface area contributed by atoms with Crippen LogP contribution in [0.15, 0.2) is 30.5 Å². The summed E-state index contributed by atoms with van der Waals surface area (Å²) in [6, 6.07) is 6.08. The maximum absolute atomic E-state index is 13.0. The average Bonchev–Trinajstić information content (AvgIpc) is 2.90. The van der Waals surface area contributed by atoms with Gasteiger partial charge in [-0.15, -0.1) is 0 Å². The maximum Gasteiger partial charge on any atom is 0.417 e. The van der Waals surface area contributed by atoms with Crippen LogP contribution in [0.2, 0.25) is 5.02 Å². The van der Waals surface area contributed by atoms with Crippen molar-refractivity contribution in [1.29, 1.82) is 0 Å². The Morgan fingerprint density at radius 1 is 1.12 bits per heavy atom. The summed E-state index contributed by atoms with van der Waals surface area (Å²) in [5.41, 5.74) is 0.975. The highest BCUT2D eigenvalue weighted by atomic mass is 35.5. The minimum Gasteiger partial charge on any atom is -0.280 e. The fraction of sp³-hybridized carbons (Fsp3) is 0.294. The molecule has 0 spiro atoms. The topological polar surface area (TPSA) is 30.7 Å². The van der Waals surface area contributed by atoms with Crippen LogP contribution in [0.1, 0.15) is 30.8 Å². The molecule has 0 N–H and O–H groups in total. The van der Waals surface area contributed by atoms with E-state index in [1.54, 1.807) is 10.8 Å². The standard InChI is InChI=1S/C17H15ClF3N3/c1-3-10-5-6-16(22-9-10)24-14-8-12(18)11(17(19,20)21)7-13(14)23-15(24)4-2/h5-9H,3-4H2,1-2H3. The molecule has 126 valence electrons. The lowest BCUT2D eigenvalue weighted by Crippen LogP contribution is -2.06. The van der Waals surface area contributed by atoms with Gasteiger partial charge in [-0.25, -0.2) is 9.97 Å². The first-order chi connectivity index (χ1) is 11.3. The van der Waals surface area contributed by atoms with Crippen LogP contribution < -0.4 is 0 Å². The predicted octanol–water partition coefficient (Wildman–Crippen LogP) is 5.22. The molecule has 0 unspecified atom stereocenters. The van der Waals surface area contributed by atoms with E-state index in [0.29, 0.717) is 23.6 Å². The molecule has 0 aliphatic carbocycles. The number of benzene rings is 1. The summed E-state index contributed by atoms with van der Waals surface area (Å²) in [4.78, 5) is 8.74. The van der Waals surface area contributed by atoms with Gasteiger partial charge in [-0.1, -0.05) is 31.5 Å². The van der Waals surface area contributed by atoms with Gasteiger partial charge in [0.25, 0.3) is 0 Å². The lowest BCUT2D eigenvalue weighted by Gasteiger charge is -2.10. The van der Waals surface area contributed by atoms with Gasteiger partial charge in [0.15, 0.2) is 0 Å². The normalized spacial score (nSPS) is 12.1. The number of alkyl halides is 3. The van der Waals surface area contributed by atoms with Crippen molar-refractivity contribution in [1.82, 2.24) is 14.5 Å². The van der Waals surface area contributed by atoms with E-state index < -0.39 is 11.7 Å². The van der Waals surface area contributed by atoms with Crippen LogP contribution in [-0.4, -0.2) is 14.5 Å². The van der Waals surface area contributed by atoms with Gasteiger partial charge in [0.1, 0.15) is 11.6 Å². The number of aromatic nitrogens is 3. The second-order valence-electron chi connectivity index (χ2n) is 5.41. The van der Waals surface area contributed by atoms with Crippen LogP contribution in [0.4, 0.5) is 13.2 Å². The number of pyridine rings is 1. The van der Waals surface area contributed by atoms with Crippen LogP contribution in [0.25, 0.3) is 16.9 Å². The second kappa shape index (κ2) is 6.09. The molecule has 0 saturated carbocycles. The van der Waals surface area contributed by atoms with E-state index in [9.17, 15) is 13.2 Å². The Kier molecular flexibility index (Phi) is 4.25. The van der Waals surface area contributed by atoms with Crippen molar-refractivity contribution >= 4 is 22.6 Å². The average molecular weight is 354 g/mol. The van der Waals surface area contributed by atoms with E-state index in [-0.39, 0.29) is 10.5 Å². The van der Waals surface area contributed by atoms with Gasteiger partial charge in [-0.3, -0.25) is 4.57 Å². The van der Waals surface area contributed by atoms with Crippen LogP contribution >= 0.6 is 11.6 Å². The predicted molar refractivity (Wildman–Crippen MR) is 87.6 cm³/mol. The van der Waals surface area contributed by atoms with Crippen molar-refractivity contribution in [2.75, 3.05) is 0 Å². The van der Waals surface area contributed by atoms with Gasteiger partial charge < -0.3 is 0 Å². The second-order valence-corrected chi connectivity index (χ2v) is 5.82. The zero-order valence-electron chi connectivity index (χ0n) is 13.2. The Hall–Kier alpha value is -2.08. The van der Waals surface area contributed by atoms with Gasteiger partial charge >= 0.3 is 6.18 Å². The molecule has 0 aliphatic rings. The first kappa shape index (κ1) is 16.8. The fourth-order valence-corrected chi connectivity index (χ4v) is 2.88. The Morgan fingerprint density at radius 3 is 2.42 bits per heavy atom. The van der Waals surface area contributed by atoms with Gasteiger partial charge in [-0.05, 0) is 30.2 Å². The molecular weight excluding hydrogens is 339 g/mol. The number of nitrogens with zero attached hydrogens (tertiary/aromatic N) is 3. The molecule has 7 heteroatoms. The SMILES string of the molecule is CCc1ccc(-n2c(CC)nc3cc(C(F)(F)F)c(Cl)cc32)nc1. The maximum atomic E-state index is 13.0. The smallest absolute Gasteiger partial charge is 0.280 e. The molecule has 0 radical (unpaired) electrons. The van der Waals surface area contributed by atoms with Crippen molar-refractivity contribution in [2.24, 2.45) is 0 Å². The van der Waals surface area contributed by atoms with Gasteiger partial charge in [0.05, 0.1) is 21.6 Å². The Balaban J connectivity index is 2.25. The number of fused-ring (bicyclic) bond motifs is 1. The minimum atomic E-state index is -4.51. The number of imidazole rings is 1. The van der Waals surface area contributed by atoms with Crippen molar-refractivity contribution in [3.8, 4) is 5.82 Å². The molecule has 2 aromatic heterocycles. The van der Waals surface area contributed by atoms with Gasteiger partial charge in [0, 0.05) is 12.6 Å². The van der Waals surface area contributed by atoms with Crippen LogP contribution in [0.5, 0.6) is 0 Å². The molecule has 3 aromatic rings. The summed E-state index contributed by atoms with van der Waals surface area (Å²) < 4.78 is 40.9.